The highest BCUT2D eigenvalue weighted by molar-refractivity contribution is 6.07. The average Bonchev–Trinajstić information content (AvgIpc) is 3.13. The van der Waals surface area contributed by atoms with Crippen LogP contribution in [0.3, 0.4) is 0 Å². The standard InChI is InChI=1S/C34H42N2O3/c1-23(2)36(24(3)4)18-19-39-33-22-31(16-17-32(33)38-6)35-34(37)29-9-7-8-26-14-15-28(20-30(26)21-29)27-12-10-25(5)11-13-27/h10-17,20-24H,7-9,18-19H2,1-6H3,(H,35,37). The van der Waals surface area contributed by atoms with Crippen molar-refractivity contribution in [2.75, 3.05) is 25.6 Å². The smallest absolute Gasteiger partial charge is 0.251 e. The van der Waals surface area contributed by atoms with Crippen molar-refractivity contribution in [3.05, 3.63) is 82.9 Å². The third kappa shape index (κ3) is 7.30. The van der Waals surface area contributed by atoms with Crippen molar-refractivity contribution >= 4 is 17.7 Å². The molecule has 1 aliphatic carbocycles. The van der Waals surface area contributed by atoms with E-state index in [1.165, 1.54) is 16.7 Å². The van der Waals surface area contributed by atoms with E-state index in [0.717, 1.165) is 42.5 Å². The van der Waals surface area contributed by atoms with Crippen LogP contribution in [0, 0.1) is 6.92 Å². The molecule has 0 saturated heterocycles. The monoisotopic (exact) mass is 526 g/mol. The van der Waals surface area contributed by atoms with E-state index in [-0.39, 0.29) is 5.91 Å². The maximum atomic E-state index is 13.4. The number of methoxy groups -OCH3 is 1. The Labute approximate surface area is 233 Å². The summed E-state index contributed by atoms with van der Waals surface area (Å²) in [4.78, 5) is 15.8. The molecule has 1 amide bonds. The Morgan fingerprint density at radius 3 is 2.31 bits per heavy atom. The number of amides is 1. The van der Waals surface area contributed by atoms with Gasteiger partial charge in [-0.2, -0.15) is 0 Å². The molecule has 0 unspecified atom stereocenters. The van der Waals surface area contributed by atoms with E-state index in [1.807, 2.05) is 18.2 Å². The number of anilines is 1. The van der Waals surface area contributed by atoms with E-state index in [9.17, 15) is 4.79 Å². The van der Waals surface area contributed by atoms with Gasteiger partial charge in [0, 0.05) is 36.0 Å². The van der Waals surface area contributed by atoms with Crippen LogP contribution in [0.2, 0.25) is 0 Å². The predicted octanol–water partition coefficient (Wildman–Crippen LogP) is 7.53. The zero-order valence-corrected chi connectivity index (χ0v) is 24.2. The summed E-state index contributed by atoms with van der Waals surface area (Å²) >= 11 is 0. The van der Waals surface area contributed by atoms with Gasteiger partial charge in [0.05, 0.1) is 7.11 Å². The number of fused-ring (bicyclic) bond motifs is 1. The van der Waals surface area contributed by atoms with Gasteiger partial charge in [-0.15, -0.1) is 0 Å². The van der Waals surface area contributed by atoms with Crippen LogP contribution >= 0.6 is 0 Å². The van der Waals surface area contributed by atoms with Gasteiger partial charge >= 0.3 is 0 Å². The minimum atomic E-state index is -0.0782. The molecule has 0 aromatic heterocycles. The van der Waals surface area contributed by atoms with Gasteiger partial charge in [-0.3, -0.25) is 9.69 Å². The lowest BCUT2D eigenvalue weighted by molar-refractivity contribution is -0.112. The minimum Gasteiger partial charge on any atom is -0.493 e. The van der Waals surface area contributed by atoms with Gasteiger partial charge in [-0.05, 0) is 100 Å². The van der Waals surface area contributed by atoms with Crippen LogP contribution in [0.25, 0.3) is 17.2 Å². The summed E-state index contributed by atoms with van der Waals surface area (Å²) in [5, 5.41) is 3.10. The van der Waals surface area contributed by atoms with Gasteiger partial charge in [0.25, 0.3) is 5.91 Å². The van der Waals surface area contributed by atoms with Crippen LogP contribution in [0.5, 0.6) is 11.5 Å². The van der Waals surface area contributed by atoms with E-state index < -0.39 is 0 Å². The highest BCUT2D eigenvalue weighted by Gasteiger charge is 2.17. The second-order valence-corrected chi connectivity index (χ2v) is 10.9. The Hall–Kier alpha value is -3.57. The highest BCUT2D eigenvalue weighted by Crippen LogP contribution is 2.32. The summed E-state index contributed by atoms with van der Waals surface area (Å²) in [6, 6.07) is 21.6. The van der Waals surface area contributed by atoms with E-state index in [0.29, 0.717) is 35.9 Å². The third-order valence-corrected chi connectivity index (χ3v) is 7.40. The number of nitrogens with zero attached hydrogens (tertiary/aromatic N) is 1. The lowest BCUT2D eigenvalue weighted by atomic mass is 9.97. The molecule has 5 nitrogen and oxygen atoms in total. The highest BCUT2D eigenvalue weighted by atomic mass is 16.5. The largest absolute Gasteiger partial charge is 0.493 e. The molecule has 3 aromatic rings. The van der Waals surface area contributed by atoms with Crippen molar-refractivity contribution in [1.29, 1.82) is 0 Å². The van der Waals surface area contributed by atoms with Gasteiger partial charge in [-0.25, -0.2) is 0 Å². The van der Waals surface area contributed by atoms with Crippen molar-refractivity contribution in [3.8, 4) is 22.6 Å². The van der Waals surface area contributed by atoms with Crippen LogP contribution < -0.4 is 14.8 Å². The van der Waals surface area contributed by atoms with E-state index in [2.05, 4.69) is 93.4 Å². The van der Waals surface area contributed by atoms with Crippen LogP contribution in [0.4, 0.5) is 5.69 Å². The number of hydrogen-bond donors (Lipinski definition) is 1. The van der Waals surface area contributed by atoms with Crippen molar-refractivity contribution in [2.24, 2.45) is 0 Å². The lowest BCUT2D eigenvalue weighted by Crippen LogP contribution is -2.39. The van der Waals surface area contributed by atoms with Crippen LogP contribution in [-0.2, 0) is 11.2 Å². The predicted molar refractivity (Wildman–Crippen MR) is 162 cm³/mol. The summed E-state index contributed by atoms with van der Waals surface area (Å²) in [7, 11) is 1.63. The van der Waals surface area contributed by atoms with Crippen LogP contribution in [0.1, 0.15) is 57.2 Å². The molecule has 0 heterocycles. The number of nitrogens with one attached hydrogen (secondary N) is 1. The molecule has 0 spiro atoms. The molecule has 0 atom stereocenters. The molecule has 1 aliphatic rings. The topological polar surface area (TPSA) is 50.8 Å². The van der Waals surface area contributed by atoms with Gasteiger partial charge in [0.2, 0.25) is 0 Å². The fourth-order valence-corrected chi connectivity index (χ4v) is 5.24. The van der Waals surface area contributed by atoms with Crippen molar-refractivity contribution in [3.63, 3.8) is 0 Å². The Kier molecular flexibility index (Phi) is 9.47. The Morgan fingerprint density at radius 1 is 0.897 bits per heavy atom. The number of rotatable bonds is 10. The molecular formula is C34H42N2O3. The lowest BCUT2D eigenvalue weighted by Gasteiger charge is -2.30. The second kappa shape index (κ2) is 13.0. The number of aryl methyl sites for hydroxylation is 2. The number of hydrogen-bond acceptors (Lipinski definition) is 4. The molecule has 0 radical (unpaired) electrons. The van der Waals surface area contributed by atoms with Crippen molar-refractivity contribution in [2.45, 2.75) is 66.0 Å². The zero-order chi connectivity index (χ0) is 27.9. The number of ether oxygens (including phenoxy) is 2. The van der Waals surface area contributed by atoms with Crippen molar-refractivity contribution < 1.29 is 14.3 Å². The Bertz CT molecular complexity index is 1300. The van der Waals surface area contributed by atoms with Crippen molar-refractivity contribution in [1.82, 2.24) is 4.90 Å². The molecule has 0 bridgehead atoms. The molecule has 1 N–H and O–H groups in total. The maximum Gasteiger partial charge on any atom is 0.251 e. The molecule has 39 heavy (non-hydrogen) atoms. The first-order valence-corrected chi connectivity index (χ1v) is 14.0. The SMILES string of the molecule is COc1ccc(NC(=O)C2=Cc3cc(-c4ccc(C)cc4)ccc3CCC2)cc1OCCN(C(C)C)C(C)C. The molecular weight excluding hydrogens is 484 g/mol. The Morgan fingerprint density at radius 2 is 1.62 bits per heavy atom. The number of carbonyl (C=O) groups excluding carboxylic acids is 1. The van der Waals surface area contributed by atoms with Crippen LogP contribution in [-0.4, -0.2) is 43.2 Å². The quantitative estimate of drug-likeness (QED) is 0.297. The van der Waals surface area contributed by atoms with E-state index in [1.54, 1.807) is 7.11 Å². The fraction of sp³-hybridized carbons (Fsp3) is 0.382. The van der Waals surface area contributed by atoms with Gasteiger partial charge in [0.1, 0.15) is 6.61 Å². The Balaban J connectivity index is 1.49. The van der Waals surface area contributed by atoms with Gasteiger partial charge in [0.15, 0.2) is 11.5 Å². The molecule has 0 saturated carbocycles. The first-order valence-electron chi connectivity index (χ1n) is 14.0. The number of carbonyl (C=O) groups is 1. The first kappa shape index (κ1) is 28.4. The zero-order valence-electron chi connectivity index (χ0n) is 24.2. The third-order valence-electron chi connectivity index (χ3n) is 7.40. The maximum absolute atomic E-state index is 13.4. The first-order chi connectivity index (χ1) is 18.7. The summed E-state index contributed by atoms with van der Waals surface area (Å²) in [6.07, 6.45) is 4.69. The summed E-state index contributed by atoms with van der Waals surface area (Å²) in [5.41, 5.74) is 7.48. The molecule has 206 valence electrons. The van der Waals surface area contributed by atoms with E-state index >= 15 is 0 Å². The van der Waals surface area contributed by atoms with Crippen LogP contribution in [0.15, 0.2) is 66.2 Å². The summed E-state index contributed by atoms with van der Waals surface area (Å²) in [6.45, 7) is 12.2. The molecule has 0 aliphatic heterocycles. The summed E-state index contributed by atoms with van der Waals surface area (Å²) < 4.78 is 11.6. The second-order valence-electron chi connectivity index (χ2n) is 10.9. The molecule has 0 fully saturated rings. The average molecular weight is 527 g/mol. The van der Waals surface area contributed by atoms with Gasteiger partial charge < -0.3 is 14.8 Å². The normalized spacial score (nSPS) is 13.2. The minimum absolute atomic E-state index is 0.0782. The number of benzene rings is 3. The molecule has 3 aromatic carbocycles. The van der Waals surface area contributed by atoms with Gasteiger partial charge in [-0.1, -0.05) is 42.0 Å². The molecule has 5 heteroatoms. The summed E-state index contributed by atoms with van der Waals surface area (Å²) in [5.74, 6) is 1.20. The van der Waals surface area contributed by atoms with E-state index in [4.69, 9.17) is 9.47 Å². The molecule has 4 rings (SSSR count). The fourth-order valence-electron chi connectivity index (χ4n) is 5.24.